The fraction of sp³-hybridized carbons (Fsp3) is 0.400. The molecule has 0 unspecified atom stereocenters. The Kier molecular flexibility index (Phi) is 6.36. The fourth-order valence-electron chi connectivity index (χ4n) is 2.66. The number of benzene rings is 2. The number of rotatable bonds is 8. The van der Waals surface area contributed by atoms with Crippen LogP contribution in [0.2, 0.25) is 0 Å². The molecule has 0 amide bonds. The van der Waals surface area contributed by atoms with E-state index in [-0.39, 0.29) is 6.79 Å². The van der Waals surface area contributed by atoms with Crippen molar-refractivity contribution in [3.63, 3.8) is 0 Å². The number of hydrogen-bond donors (Lipinski definition) is 0. The Morgan fingerprint density at radius 2 is 1.58 bits per heavy atom. The first kappa shape index (κ1) is 18.0. The van der Waals surface area contributed by atoms with Crippen LogP contribution in [0.1, 0.15) is 37.8 Å². The summed E-state index contributed by atoms with van der Waals surface area (Å²) in [4.78, 5) is 0. The van der Waals surface area contributed by atoms with Crippen molar-refractivity contribution in [3.05, 3.63) is 47.5 Å². The van der Waals surface area contributed by atoms with Crippen LogP contribution < -0.4 is 18.9 Å². The third kappa shape index (κ3) is 4.13. The van der Waals surface area contributed by atoms with E-state index in [9.17, 15) is 0 Å². The molecule has 0 aliphatic rings. The van der Waals surface area contributed by atoms with Crippen LogP contribution in [0.3, 0.4) is 0 Å². The second kappa shape index (κ2) is 8.48. The second-order valence-corrected chi connectivity index (χ2v) is 5.76. The first-order valence-corrected chi connectivity index (χ1v) is 8.20. The normalized spacial score (nSPS) is 10.6. The Bertz CT molecular complexity index is 665. The Labute approximate surface area is 144 Å². The summed E-state index contributed by atoms with van der Waals surface area (Å²) in [5.74, 6) is 3.45. The van der Waals surface area contributed by atoms with E-state index < -0.39 is 0 Å². The molecule has 0 heterocycles. The van der Waals surface area contributed by atoms with E-state index in [4.69, 9.17) is 18.9 Å². The van der Waals surface area contributed by atoms with Crippen molar-refractivity contribution in [2.45, 2.75) is 33.1 Å². The van der Waals surface area contributed by atoms with Crippen molar-refractivity contribution >= 4 is 0 Å². The molecule has 4 heteroatoms. The Morgan fingerprint density at radius 3 is 2.21 bits per heavy atom. The summed E-state index contributed by atoms with van der Waals surface area (Å²) >= 11 is 0. The quantitative estimate of drug-likeness (QED) is 0.651. The van der Waals surface area contributed by atoms with Gasteiger partial charge in [0.05, 0.1) is 14.2 Å². The van der Waals surface area contributed by atoms with Gasteiger partial charge in [-0.3, -0.25) is 0 Å². The number of methoxy groups -OCH3 is 2. The van der Waals surface area contributed by atoms with Gasteiger partial charge in [-0.1, -0.05) is 32.9 Å². The Hall–Kier alpha value is -2.36. The van der Waals surface area contributed by atoms with Gasteiger partial charge in [0.25, 0.3) is 0 Å². The highest BCUT2D eigenvalue weighted by atomic mass is 16.7. The molecule has 130 valence electrons. The highest BCUT2D eigenvalue weighted by Gasteiger charge is 2.14. The van der Waals surface area contributed by atoms with Crippen molar-refractivity contribution in [1.82, 2.24) is 0 Å². The molecule has 4 nitrogen and oxygen atoms in total. The van der Waals surface area contributed by atoms with Crippen molar-refractivity contribution in [2.75, 3.05) is 21.0 Å². The zero-order valence-electron chi connectivity index (χ0n) is 15.1. The van der Waals surface area contributed by atoms with Crippen LogP contribution in [0.25, 0.3) is 0 Å². The van der Waals surface area contributed by atoms with Crippen LogP contribution >= 0.6 is 0 Å². The van der Waals surface area contributed by atoms with E-state index >= 15 is 0 Å². The van der Waals surface area contributed by atoms with Crippen LogP contribution in [0.15, 0.2) is 36.4 Å². The molecule has 0 aromatic heterocycles. The minimum Gasteiger partial charge on any atom is -0.496 e. The summed E-state index contributed by atoms with van der Waals surface area (Å²) in [5, 5.41) is 0. The van der Waals surface area contributed by atoms with E-state index in [0.29, 0.717) is 5.92 Å². The molecule has 0 spiro atoms. The third-order valence-corrected chi connectivity index (χ3v) is 3.90. The lowest BCUT2D eigenvalue weighted by atomic mass is 10.0. The van der Waals surface area contributed by atoms with Crippen molar-refractivity contribution in [1.29, 1.82) is 0 Å². The first-order chi connectivity index (χ1) is 11.6. The minimum absolute atomic E-state index is 0.127. The van der Waals surface area contributed by atoms with Crippen molar-refractivity contribution < 1.29 is 18.9 Å². The molecule has 2 rings (SSSR count). The standard InChI is InChI=1S/C20H26O4/c1-6-15-10-11-16(12-19(15)22-5)23-13-24-18-9-7-8-17(21-4)20(18)14(2)3/h7-12,14H,6,13H2,1-5H3. The third-order valence-electron chi connectivity index (χ3n) is 3.90. The van der Waals surface area contributed by atoms with Crippen LogP contribution in [-0.4, -0.2) is 21.0 Å². The predicted molar refractivity (Wildman–Crippen MR) is 95.6 cm³/mol. The molecule has 0 aliphatic carbocycles. The minimum atomic E-state index is 0.127. The molecule has 0 atom stereocenters. The number of hydrogen-bond acceptors (Lipinski definition) is 4. The zero-order chi connectivity index (χ0) is 17.5. The summed E-state index contributed by atoms with van der Waals surface area (Å²) in [6.45, 7) is 6.44. The van der Waals surface area contributed by atoms with Crippen LogP contribution in [0, 0.1) is 0 Å². The lowest BCUT2D eigenvalue weighted by molar-refractivity contribution is 0.118. The maximum absolute atomic E-state index is 5.83. The monoisotopic (exact) mass is 330 g/mol. The van der Waals surface area contributed by atoms with E-state index in [0.717, 1.165) is 40.5 Å². The van der Waals surface area contributed by atoms with Gasteiger partial charge in [0, 0.05) is 11.6 Å². The van der Waals surface area contributed by atoms with E-state index in [1.165, 1.54) is 0 Å². The SMILES string of the molecule is CCc1ccc(OCOc2cccc(OC)c2C(C)C)cc1OC. The molecule has 0 N–H and O–H groups in total. The average molecular weight is 330 g/mol. The molecule has 0 bridgehead atoms. The lowest BCUT2D eigenvalue weighted by Gasteiger charge is -2.17. The van der Waals surface area contributed by atoms with Gasteiger partial charge < -0.3 is 18.9 Å². The highest BCUT2D eigenvalue weighted by molar-refractivity contribution is 5.46. The maximum Gasteiger partial charge on any atom is 0.230 e. The Morgan fingerprint density at radius 1 is 0.875 bits per heavy atom. The fourth-order valence-corrected chi connectivity index (χ4v) is 2.66. The summed E-state index contributed by atoms with van der Waals surface area (Å²) < 4.78 is 22.4. The second-order valence-electron chi connectivity index (χ2n) is 5.76. The smallest absolute Gasteiger partial charge is 0.230 e. The van der Waals surface area contributed by atoms with Gasteiger partial charge in [-0.05, 0) is 36.1 Å². The van der Waals surface area contributed by atoms with Gasteiger partial charge in [-0.2, -0.15) is 0 Å². The average Bonchev–Trinajstić information content (AvgIpc) is 2.60. The largest absolute Gasteiger partial charge is 0.496 e. The lowest BCUT2D eigenvalue weighted by Crippen LogP contribution is -2.08. The van der Waals surface area contributed by atoms with E-state index in [1.807, 2.05) is 36.4 Å². The van der Waals surface area contributed by atoms with Gasteiger partial charge >= 0.3 is 0 Å². The summed E-state index contributed by atoms with van der Waals surface area (Å²) in [5.41, 5.74) is 2.20. The van der Waals surface area contributed by atoms with Crippen LogP contribution in [-0.2, 0) is 6.42 Å². The zero-order valence-corrected chi connectivity index (χ0v) is 15.1. The number of ether oxygens (including phenoxy) is 4. The molecular weight excluding hydrogens is 304 g/mol. The molecule has 0 saturated carbocycles. The van der Waals surface area contributed by atoms with Crippen molar-refractivity contribution in [3.8, 4) is 23.0 Å². The molecular formula is C20H26O4. The highest BCUT2D eigenvalue weighted by Crippen LogP contribution is 2.35. The van der Waals surface area contributed by atoms with Gasteiger partial charge in [0.1, 0.15) is 23.0 Å². The summed E-state index contributed by atoms with van der Waals surface area (Å²) in [7, 11) is 3.34. The molecule has 2 aromatic carbocycles. The summed E-state index contributed by atoms with van der Waals surface area (Å²) in [6, 6.07) is 11.6. The summed E-state index contributed by atoms with van der Waals surface area (Å²) in [6.07, 6.45) is 0.918. The molecule has 0 saturated heterocycles. The molecule has 0 fully saturated rings. The van der Waals surface area contributed by atoms with E-state index in [1.54, 1.807) is 14.2 Å². The topological polar surface area (TPSA) is 36.9 Å². The predicted octanol–water partition coefficient (Wildman–Crippen LogP) is 4.80. The van der Waals surface area contributed by atoms with Crippen molar-refractivity contribution in [2.24, 2.45) is 0 Å². The molecule has 0 aliphatic heterocycles. The molecule has 0 radical (unpaired) electrons. The van der Waals surface area contributed by atoms with Gasteiger partial charge in [0.2, 0.25) is 6.79 Å². The first-order valence-electron chi connectivity index (χ1n) is 8.20. The molecule has 24 heavy (non-hydrogen) atoms. The van der Waals surface area contributed by atoms with Crippen LogP contribution in [0.5, 0.6) is 23.0 Å². The van der Waals surface area contributed by atoms with Gasteiger partial charge in [-0.15, -0.1) is 0 Å². The maximum atomic E-state index is 5.83. The van der Waals surface area contributed by atoms with E-state index in [2.05, 4.69) is 20.8 Å². The molecule has 2 aromatic rings. The van der Waals surface area contributed by atoms with Crippen LogP contribution in [0.4, 0.5) is 0 Å². The van der Waals surface area contributed by atoms with Gasteiger partial charge in [-0.25, -0.2) is 0 Å². The Balaban J connectivity index is 2.07. The number of aryl methyl sites for hydroxylation is 1. The van der Waals surface area contributed by atoms with Gasteiger partial charge in [0.15, 0.2) is 0 Å².